The van der Waals surface area contributed by atoms with E-state index in [4.69, 9.17) is 5.11 Å². The van der Waals surface area contributed by atoms with Gasteiger partial charge in [0, 0.05) is 13.0 Å². The van der Waals surface area contributed by atoms with Gasteiger partial charge in [0.1, 0.15) is 0 Å². The summed E-state index contributed by atoms with van der Waals surface area (Å²) in [5, 5.41) is 11.9. The van der Waals surface area contributed by atoms with Crippen LogP contribution in [0.3, 0.4) is 0 Å². The smallest absolute Gasteiger partial charge is 0.303 e. The summed E-state index contributed by atoms with van der Waals surface area (Å²) in [6.07, 6.45) is 0.904. The van der Waals surface area contributed by atoms with Gasteiger partial charge in [0.25, 0.3) is 0 Å². The van der Waals surface area contributed by atoms with Crippen LogP contribution in [0.1, 0.15) is 55.9 Å². The zero-order valence-electron chi connectivity index (χ0n) is 13.3. The van der Waals surface area contributed by atoms with Crippen LogP contribution >= 0.6 is 0 Å². The largest absolute Gasteiger partial charge is 0.481 e. The highest BCUT2D eigenvalue weighted by molar-refractivity contribution is 5.66. The van der Waals surface area contributed by atoms with Crippen LogP contribution in [0.25, 0.3) is 0 Å². The minimum Gasteiger partial charge on any atom is -0.481 e. The molecule has 0 aromatic heterocycles. The highest BCUT2D eigenvalue weighted by Crippen LogP contribution is 2.26. The van der Waals surface area contributed by atoms with Crippen molar-refractivity contribution < 1.29 is 9.90 Å². The van der Waals surface area contributed by atoms with Crippen molar-refractivity contribution in [1.82, 2.24) is 5.32 Å². The second kappa shape index (κ2) is 6.89. The van der Waals surface area contributed by atoms with Gasteiger partial charge in [-0.15, -0.1) is 0 Å². The zero-order valence-corrected chi connectivity index (χ0v) is 13.3. The monoisotopic (exact) mass is 277 g/mol. The Balaban J connectivity index is 2.65. The van der Waals surface area contributed by atoms with Crippen molar-refractivity contribution in [3.05, 3.63) is 34.4 Å². The summed E-state index contributed by atoms with van der Waals surface area (Å²) in [5.74, 6) is -0.728. The summed E-state index contributed by atoms with van der Waals surface area (Å²) in [6.45, 7) is 12.5. The average Bonchev–Trinajstić information content (AvgIpc) is 2.29. The highest BCUT2D eigenvalue weighted by atomic mass is 16.4. The molecule has 0 radical (unpaired) electrons. The van der Waals surface area contributed by atoms with E-state index in [9.17, 15) is 4.79 Å². The van der Waals surface area contributed by atoms with E-state index < -0.39 is 5.97 Å². The van der Waals surface area contributed by atoms with Crippen molar-refractivity contribution in [2.45, 2.75) is 59.4 Å². The summed E-state index contributed by atoms with van der Waals surface area (Å²) < 4.78 is 0. The van der Waals surface area contributed by atoms with E-state index in [2.05, 4.69) is 52.1 Å². The first-order valence-electron chi connectivity index (χ1n) is 7.25. The van der Waals surface area contributed by atoms with E-state index in [-0.39, 0.29) is 11.8 Å². The minimum atomic E-state index is -0.728. The van der Waals surface area contributed by atoms with E-state index in [1.54, 1.807) is 0 Å². The summed E-state index contributed by atoms with van der Waals surface area (Å²) >= 11 is 0. The fourth-order valence-corrected chi connectivity index (χ4v) is 2.28. The first-order valence-corrected chi connectivity index (χ1v) is 7.25. The van der Waals surface area contributed by atoms with Crippen molar-refractivity contribution in [3.63, 3.8) is 0 Å². The molecule has 0 bridgehead atoms. The lowest BCUT2D eigenvalue weighted by Crippen LogP contribution is -2.18. The van der Waals surface area contributed by atoms with Gasteiger partial charge in [0.15, 0.2) is 0 Å². The Kier molecular flexibility index (Phi) is 5.75. The molecule has 0 aliphatic rings. The van der Waals surface area contributed by atoms with Crippen LogP contribution in [-0.2, 0) is 16.8 Å². The molecule has 2 N–H and O–H groups in total. The number of aliphatic carboxylic acids is 1. The van der Waals surface area contributed by atoms with Gasteiger partial charge in [-0.25, -0.2) is 0 Å². The van der Waals surface area contributed by atoms with E-state index >= 15 is 0 Å². The molecule has 0 fully saturated rings. The average molecular weight is 277 g/mol. The summed E-state index contributed by atoms with van der Waals surface area (Å²) in [7, 11) is 0. The Bertz CT molecular complexity index is 449. The van der Waals surface area contributed by atoms with Crippen molar-refractivity contribution in [1.29, 1.82) is 0 Å². The summed E-state index contributed by atoms with van der Waals surface area (Å²) in [6, 6.07) is 4.53. The molecule has 3 heteroatoms. The molecular weight excluding hydrogens is 250 g/mol. The third-order valence-corrected chi connectivity index (χ3v) is 3.61. The third-order valence-electron chi connectivity index (χ3n) is 3.61. The highest BCUT2D eigenvalue weighted by Gasteiger charge is 2.16. The van der Waals surface area contributed by atoms with Gasteiger partial charge < -0.3 is 10.4 Å². The second-order valence-electron chi connectivity index (χ2n) is 6.51. The SMILES string of the molecule is Cc1cc(C(C)(C)C)cc(C)c1CNCCCC(=O)O. The number of hydrogen-bond acceptors (Lipinski definition) is 2. The lowest BCUT2D eigenvalue weighted by molar-refractivity contribution is -0.137. The van der Waals surface area contributed by atoms with E-state index in [0.29, 0.717) is 6.42 Å². The number of carbonyl (C=O) groups is 1. The first kappa shape index (κ1) is 16.7. The van der Waals surface area contributed by atoms with Gasteiger partial charge in [-0.3, -0.25) is 4.79 Å². The number of hydrogen-bond donors (Lipinski definition) is 2. The van der Waals surface area contributed by atoms with Gasteiger partial charge in [-0.2, -0.15) is 0 Å². The molecule has 0 atom stereocenters. The summed E-state index contributed by atoms with van der Waals surface area (Å²) in [4.78, 5) is 10.4. The molecule has 112 valence electrons. The quantitative estimate of drug-likeness (QED) is 0.782. The van der Waals surface area contributed by atoms with Gasteiger partial charge in [-0.1, -0.05) is 32.9 Å². The number of benzene rings is 1. The molecule has 1 aromatic carbocycles. The van der Waals surface area contributed by atoms with E-state index in [0.717, 1.165) is 13.1 Å². The maximum Gasteiger partial charge on any atom is 0.303 e. The van der Waals surface area contributed by atoms with Crippen LogP contribution in [0.4, 0.5) is 0 Å². The van der Waals surface area contributed by atoms with Gasteiger partial charge in [-0.05, 0) is 54.5 Å². The number of carboxylic acid groups (broad SMARTS) is 1. The van der Waals surface area contributed by atoms with Crippen LogP contribution in [-0.4, -0.2) is 17.6 Å². The Labute approximate surface area is 122 Å². The summed E-state index contributed by atoms with van der Waals surface area (Å²) in [5.41, 5.74) is 5.47. The number of rotatable bonds is 6. The molecule has 0 unspecified atom stereocenters. The molecular formula is C17H27NO2. The Morgan fingerprint density at radius 2 is 1.75 bits per heavy atom. The maximum atomic E-state index is 10.4. The van der Waals surface area contributed by atoms with Gasteiger partial charge in [0.2, 0.25) is 0 Å². The number of aryl methyl sites for hydroxylation is 2. The van der Waals surface area contributed by atoms with Crippen molar-refractivity contribution >= 4 is 5.97 Å². The van der Waals surface area contributed by atoms with Gasteiger partial charge in [0.05, 0.1) is 0 Å². The Hall–Kier alpha value is -1.35. The van der Waals surface area contributed by atoms with Gasteiger partial charge >= 0.3 is 5.97 Å². The lowest BCUT2D eigenvalue weighted by atomic mass is 9.84. The van der Waals surface area contributed by atoms with Crippen LogP contribution in [0.5, 0.6) is 0 Å². The van der Waals surface area contributed by atoms with Crippen LogP contribution in [0.2, 0.25) is 0 Å². The molecule has 1 rings (SSSR count). The van der Waals surface area contributed by atoms with Crippen LogP contribution in [0, 0.1) is 13.8 Å². The lowest BCUT2D eigenvalue weighted by Gasteiger charge is -2.22. The Morgan fingerprint density at radius 3 is 2.20 bits per heavy atom. The predicted molar refractivity (Wildman–Crippen MR) is 83.2 cm³/mol. The second-order valence-corrected chi connectivity index (χ2v) is 6.51. The van der Waals surface area contributed by atoms with Crippen molar-refractivity contribution in [3.8, 4) is 0 Å². The molecule has 0 aliphatic heterocycles. The standard InChI is InChI=1S/C17H27NO2/c1-12-9-14(17(3,4)5)10-13(2)15(12)11-18-8-6-7-16(19)20/h9-10,18H,6-8,11H2,1-5H3,(H,19,20). The number of carboxylic acids is 1. The molecule has 0 saturated carbocycles. The Morgan fingerprint density at radius 1 is 1.20 bits per heavy atom. The van der Waals surface area contributed by atoms with Crippen LogP contribution in [0.15, 0.2) is 12.1 Å². The minimum absolute atomic E-state index is 0.170. The third kappa shape index (κ3) is 4.97. The molecule has 20 heavy (non-hydrogen) atoms. The molecule has 3 nitrogen and oxygen atoms in total. The van der Waals surface area contributed by atoms with Crippen molar-refractivity contribution in [2.24, 2.45) is 0 Å². The molecule has 0 heterocycles. The fraction of sp³-hybridized carbons (Fsp3) is 0.588. The van der Waals surface area contributed by atoms with E-state index in [1.165, 1.54) is 22.3 Å². The predicted octanol–water partition coefficient (Wildman–Crippen LogP) is 3.56. The number of nitrogens with one attached hydrogen (secondary N) is 1. The molecule has 0 aliphatic carbocycles. The van der Waals surface area contributed by atoms with E-state index in [1.807, 2.05) is 0 Å². The van der Waals surface area contributed by atoms with Crippen LogP contribution < -0.4 is 5.32 Å². The van der Waals surface area contributed by atoms with Crippen molar-refractivity contribution in [2.75, 3.05) is 6.54 Å². The maximum absolute atomic E-state index is 10.4. The molecule has 0 amide bonds. The molecule has 1 aromatic rings. The zero-order chi connectivity index (χ0) is 15.3. The normalized spacial score (nSPS) is 11.7. The topological polar surface area (TPSA) is 49.3 Å². The first-order chi connectivity index (χ1) is 9.21. The molecule has 0 spiro atoms. The fourth-order valence-electron chi connectivity index (χ4n) is 2.28. The molecule has 0 saturated heterocycles.